The highest BCUT2D eigenvalue weighted by molar-refractivity contribution is 5.36. The summed E-state index contributed by atoms with van der Waals surface area (Å²) in [4.78, 5) is 0. The van der Waals surface area contributed by atoms with Gasteiger partial charge in [-0.15, -0.1) is 0 Å². The Kier molecular flexibility index (Phi) is 1.38. The first-order valence-corrected chi connectivity index (χ1v) is 2.82. The Morgan fingerprint density at radius 2 is 1.20 bits per heavy atom. The number of rotatable bonds is 0. The van der Waals surface area contributed by atoms with Crippen molar-refractivity contribution < 1.29 is 10.2 Å². The Morgan fingerprint density at radius 3 is 1.50 bits per heavy atom. The van der Waals surface area contributed by atoms with Crippen LogP contribution in [0.15, 0.2) is 12.1 Å². The summed E-state index contributed by atoms with van der Waals surface area (Å²) in [6.07, 6.45) is 0. The zero-order valence-corrected chi connectivity index (χ0v) is 5.46. The molecule has 1 rings (SSSR count). The zero-order chi connectivity index (χ0) is 7.72. The molecule has 0 spiro atoms. The Bertz CT molecular complexity index is 306. The summed E-state index contributed by atoms with van der Waals surface area (Å²) in [5.74, 6) is 0.116. The summed E-state index contributed by atoms with van der Waals surface area (Å²) in [6, 6.07) is 2.76. The van der Waals surface area contributed by atoms with Gasteiger partial charge in [0.05, 0.1) is 0 Å². The molecule has 2 nitrogen and oxygen atoms in total. The average molecular weight is 136 g/mol. The topological polar surface area (TPSA) is 40.5 Å². The van der Waals surface area contributed by atoms with Crippen molar-refractivity contribution in [2.75, 3.05) is 0 Å². The fourth-order valence-corrected chi connectivity index (χ4v) is 0.668. The molecule has 0 amide bonds. The number of phenolic OH excluding ortho intramolecular Hbond substituents is 2. The third-order valence-corrected chi connectivity index (χ3v) is 1.38. The van der Waals surface area contributed by atoms with Crippen molar-refractivity contribution in [1.29, 1.82) is 0 Å². The summed E-state index contributed by atoms with van der Waals surface area (Å²) < 4.78 is 0. The van der Waals surface area contributed by atoms with Crippen LogP contribution in [0.5, 0.6) is 11.5 Å². The molecule has 52 valence electrons. The molecule has 0 aliphatic carbocycles. The lowest BCUT2D eigenvalue weighted by molar-refractivity contribution is 0.453. The third-order valence-electron chi connectivity index (χ3n) is 1.38. The van der Waals surface area contributed by atoms with Crippen LogP contribution in [0.1, 0.15) is 0 Å². The van der Waals surface area contributed by atoms with Gasteiger partial charge in [0.25, 0.3) is 0 Å². The molecule has 0 bridgehead atoms. The van der Waals surface area contributed by atoms with Gasteiger partial charge in [-0.3, -0.25) is 0 Å². The van der Waals surface area contributed by atoms with E-state index >= 15 is 0 Å². The first kappa shape index (κ1) is 6.68. The van der Waals surface area contributed by atoms with E-state index in [1.165, 1.54) is 12.1 Å². The van der Waals surface area contributed by atoms with Crippen LogP contribution in [0, 0.1) is 0 Å². The van der Waals surface area contributed by atoms with E-state index < -0.39 is 0 Å². The van der Waals surface area contributed by atoms with Crippen LogP contribution in [-0.4, -0.2) is 10.2 Å². The van der Waals surface area contributed by atoms with Crippen molar-refractivity contribution in [1.82, 2.24) is 0 Å². The van der Waals surface area contributed by atoms with Crippen LogP contribution in [0.2, 0.25) is 0 Å². The lowest BCUT2D eigenvalue weighted by atomic mass is 10.2. The molecule has 0 saturated heterocycles. The lowest BCUT2D eigenvalue weighted by Gasteiger charge is -1.94. The van der Waals surface area contributed by atoms with Crippen molar-refractivity contribution in [3.63, 3.8) is 0 Å². The molecule has 1 aromatic rings. The maximum Gasteiger partial charge on any atom is 0.123 e. The zero-order valence-electron chi connectivity index (χ0n) is 5.46. The molecule has 0 heterocycles. The minimum atomic E-state index is 0.0581. The van der Waals surface area contributed by atoms with Crippen LogP contribution < -0.4 is 10.4 Å². The van der Waals surface area contributed by atoms with E-state index in [0.29, 0.717) is 10.4 Å². The minimum absolute atomic E-state index is 0.0581. The molecule has 2 heteroatoms. The Labute approximate surface area is 58.4 Å². The quantitative estimate of drug-likeness (QED) is 0.490. The normalized spacial score (nSPS) is 9.60. The van der Waals surface area contributed by atoms with Crippen LogP contribution in [0.25, 0.3) is 13.2 Å². The van der Waals surface area contributed by atoms with Gasteiger partial charge in [-0.05, 0) is 12.1 Å². The summed E-state index contributed by atoms with van der Waals surface area (Å²) in [5, 5.41) is 18.8. The molecule has 0 unspecified atom stereocenters. The highest BCUT2D eigenvalue weighted by Gasteiger charge is 1.93. The van der Waals surface area contributed by atoms with Crippen molar-refractivity contribution in [3.8, 4) is 11.5 Å². The first-order chi connectivity index (χ1) is 4.63. The van der Waals surface area contributed by atoms with Gasteiger partial charge in [0, 0.05) is 10.4 Å². The lowest BCUT2D eigenvalue weighted by Crippen LogP contribution is -2.21. The van der Waals surface area contributed by atoms with Gasteiger partial charge in [-0.1, -0.05) is 13.2 Å². The van der Waals surface area contributed by atoms with Crippen molar-refractivity contribution in [2.45, 2.75) is 0 Å². The molecule has 0 aliphatic heterocycles. The summed E-state index contributed by atoms with van der Waals surface area (Å²) in [5.41, 5.74) is 0. The van der Waals surface area contributed by atoms with E-state index in [0.717, 1.165) is 0 Å². The highest BCUT2D eigenvalue weighted by atomic mass is 16.3. The predicted octanol–water partition coefficient (Wildman–Crippen LogP) is -0.0816. The molecule has 2 N–H and O–H groups in total. The molecular formula is C8H8O2. The predicted molar refractivity (Wildman–Crippen MR) is 40.1 cm³/mol. The second kappa shape index (κ2) is 2.06. The first-order valence-electron chi connectivity index (χ1n) is 2.82. The molecule has 1 aromatic carbocycles. The number of aromatic hydroxyl groups is 2. The van der Waals surface area contributed by atoms with Gasteiger partial charge >= 0.3 is 0 Å². The number of benzene rings is 1. The van der Waals surface area contributed by atoms with Gasteiger partial charge in [-0.2, -0.15) is 0 Å². The number of hydrogen-bond donors (Lipinski definition) is 2. The van der Waals surface area contributed by atoms with Gasteiger partial charge in [-0.25, -0.2) is 0 Å². The Hall–Kier alpha value is -1.44. The fourth-order valence-electron chi connectivity index (χ4n) is 0.668. The van der Waals surface area contributed by atoms with Crippen LogP contribution in [0.4, 0.5) is 0 Å². The summed E-state index contributed by atoms with van der Waals surface area (Å²) >= 11 is 0. The van der Waals surface area contributed by atoms with Crippen molar-refractivity contribution in [2.24, 2.45) is 0 Å². The monoisotopic (exact) mass is 136 g/mol. The van der Waals surface area contributed by atoms with Crippen LogP contribution in [0.3, 0.4) is 0 Å². The second-order valence-corrected chi connectivity index (χ2v) is 2.06. The molecule has 0 atom stereocenters. The fraction of sp³-hybridized carbons (Fsp3) is 0. The molecule has 0 aliphatic rings. The maximum absolute atomic E-state index is 9.01. The van der Waals surface area contributed by atoms with E-state index in [1.54, 1.807) is 0 Å². The maximum atomic E-state index is 9.01. The molecule has 0 saturated carbocycles. The van der Waals surface area contributed by atoms with Gasteiger partial charge in [0.1, 0.15) is 11.5 Å². The SMILES string of the molecule is C=c1c(O)ccc(O)c1=C. The van der Waals surface area contributed by atoms with E-state index in [1.807, 2.05) is 0 Å². The van der Waals surface area contributed by atoms with E-state index in [4.69, 9.17) is 10.2 Å². The Balaban J connectivity index is 3.67. The van der Waals surface area contributed by atoms with Crippen LogP contribution >= 0.6 is 0 Å². The van der Waals surface area contributed by atoms with Crippen molar-refractivity contribution in [3.05, 3.63) is 22.6 Å². The van der Waals surface area contributed by atoms with Gasteiger partial charge < -0.3 is 10.2 Å². The smallest absolute Gasteiger partial charge is 0.123 e. The molecule has 0 radical (unpaired) electrons. The summed E-state index contributed by atoms with van der Waals surface area (Å²) in [6.45, 7) is 7.02. The van der Waals surface area contributed by atoms with E-state index in [9.17, 15) is 0 Å². The minimum Gasteiger partial charge on any atom is -0.507 e. The van der Waals surface area contributed by atoms with Crippen molar-refractivity contribution >= 4 is 13.2 Å². The molecule has 10 heavy (non-hydrogen) atoms. The van der Waals surface area contributed by atoms with Crippen LogP contribution in [-0.2, 0) is 0 Å². The van der Waals surface area contributed by atoms with Gasteiger partial charge in [0.2, 0.25) is 0 Å². The number of phenols is 2. The second-order valence-electron chi connectivity index (χ2n) is 2.06. The Morgan fingerprint density at radius 1 is 0.900 bits per heavy atom. The summed E-state index contributed by atoms with van der Waals surface area (Å²) in [7, 11) is 0. The standard InChI is InChI=1S/C8H8O2/c1-5-6(2)8(10)4-3-7(5)9/h3-4,9-10H,1-2H2. The number of hydrogen-bond acceptors (Lipinski definition) is 2. The third kappa shape index (κ3) is 0.838. The van der Waals surface area contributed by atoms with E-state index in [2.05, 4.69) is 13.2 Å². The highest BCUT2D eigenvalue weighted by Crippen LogP contribution is 2.01. The van der Waals surface area contributed by atoms with Gasteiger partial charge in [0.15, 0.2) is 0 Å². The largest absolute Gasteiger partial charge is 0.507 e. The molecule has 0 fully saturated rings. The molecule has 0 aromatic heterocycles. The average Bonchev–Trinajstić information content (AvgIpc) is 1.93. The van der Waals surface area contributed by atoms with E-state index in [-0.39, 0.29) is 11.5 Å². The molecular weight excluding hydrogens is 128 g/mol.